The molecule has 0 aromatic heterocycles. The number of aryl methyl sites for hydroxylation is 1. The van der Waals surface area contributed by atoms with Crippen LogP contribution < -0.4 is 0 Å². The fourth-order valence-corrected chi connectivity index (χ4v) is 4.88. The molecule has 27 heavy (non-hydrogen) atoms. The highest BCUT2D eigenvalue weighted by Gasteiger charge is 2.46. The lowest BCUT2D eigenvalue weighted by Crippen LogP contribution is -2.38. The van der Waals surface area contributed by atoms with E-state index >= 15 is 0 Å². The van der Waals surface area contributed by atoms with E-state index in [1.165, 1.54) is 5.56 Å². The van der Waals surface area contributed by atoms with Crippen LogP contribution in [0, 0.1) is 42.4 Å². The molecule has 2 unspecified atom stereocenters. The van der Waals surface area contributed by atoms with Crippen molar-refractivity contribution in [1.82, 2.24) is 0 Å². The van der Waals surface area contributed by atoms with Gasteiger partial charge in [0.05, 0.1) is 0 Å². The Hall–Kier alpha value is -1.62. The topological polar surface area (TPSA) is 0 Å². The standard InChI is InChI=1S/C25H32F2/c1-3-4-5-24-17-16-23(18-25(24,26)27)22-14-12-21(13-15-22)11-10-20-8-6-19(2)7-9-20/h3,6-9,21-24H,1,4-5,12-18H2,2H3. The van der Waals surface area contributed by atoms with Crippen LogP contribution >= 0.6 is 0 Å². The summed E-state index contributed by atoms with van der Waals surface area (Å²) in [6, 6.07) is 8.32. The molecule has 2 fully saturated rings. The SMILES string of the molecule is C=CCCC1CCC(C2CCC(C#Cc3ccc(C)cc3)CC2)CC1(F)F. The summed E-state index contributed by atoms with van der Waals surface area (Å²) in [4.78, 5) is 0. The van der Waals surface area contributed by atoms with Crippen molar-refractivity contribution in [2.45, 2.75) is 70.6 Å². The first-order valence-electron chi connectivity index (χ1n) is 10.5. The van der Waals surface area contributed by atoms with Crippen LogP contribution in [0.15, 0.2) is 36.9 Å². The molecule has 2 aliphatic rings. The molecule has 2 heteroatoms. The molecule has 146 valence electrons. The predicted octanol–water partition coefficient (Wildman–Crippen LogP) is 7.17. The summed E-state index contributed by atoms with van der Waals surface area (Å²) < 4.78 is 29.1. The Bertz CT molecular complexity index is 669. The normalized spacial score (nSPS) is 30.2. The molecule has 0 bridgehead atoms. The quantitative estimate of drug-likeness (QED) is 0.389. The highest BCUT2D eigenvalue weighted by molar-refractivity contribution is 5.36. The third kappa shape index (κ3) is 5.44. The van der Waals surface area contributed by atoms with E-state index in [2.05, 4.69) is 49.6 Å². The van der Waals surface area contributed by atoms with Gasteiger partial charge in [0.25, 0.3) is 5.92 Å². The molecule has 2 saturated carbocycles. The Labute approximate surface area is 163 Å². The van der Waals surface area contributed by atoms with Gasteiger partial charge in [-0.15, -0.1) is 6.58 Å². The molecule has 0 aliphatic heterocycles. The summed E-state index contributed by atoms with van der Waals surface area (Å²) in [5.41, 5.74) is 2.32. The lowest BCUT2D eigenvalue weighted by Gasteiger charge is -2.41. The Morgan fingerprint density at radius 3 is 2.33 bits per heavy atom. The van der Waals surface area contributed by atoms with Crippen molar-refractivity contribution in [1.29, 1.82) is 0 Å². The maximum absolute atomic E-state index is 14.6. The molecule has 0 saturated heterocycles. The van der Waals surface area contributed by atoms with Gasteiger partial charge in [-0.1, -0.05) is 35.6 Å². The molecule has 0 radical (unpaired) electrons. The van der Waals surface area contributed by atoms with Gasteiger partial charge in [-0.2, -0.15) is 0 Å². The van der Waals surface area contributed by atoms with Crippen LogP contribution in [0.1, 0.15) is 68.9 Å². The molecular weight excluding hydrogens is 338 g/mol. The third-order valence-electron chi connectivity index (χ3n) is 6.65. The second-order valence-corrected chi connectivity index (χ2v) is 8.61. The molecule has 0 nitrogen and oxygen atoms in total. The summed E-state index contributed by atoms with van der Waals surface area (Å²) in [7, 11) is 0. The van der Waals surface area contributed by atoms with E-state index in [-0.39, 0.29) is 12.3 Å². The van der Waals surface area contributed by atoms with Gasteiger partial charge in [0, 0.05) is 23.8 Å². The number of hydrogen-bond donors (Lipinski definition) is 0. The lowest BCUT2D eigenvalue weighted by molar-refractivity contribution is -0.114. The van der Waals surface area contributed by atoms with Crippen LogP contribution in [0.4, 0.5) is 8.78 Å². The van der Waals surface area contributed by atoms with Crippen molar-refractivity contribution in [2.75, 3.05) is 0 Å². The van der Waals surface area contributed by atoms with E-state index in [9.17, 15) is 8.78 Å². The predicted molar refractivity (Wildman–Crippen MR) is 109 cm³/mol. The lowest BCUT2D eigenvalue weighted by atomic mass is 9.67. The van der Waals surface area contributed by atoms with Crippen molar-refractivity contribution >= 4 is 0 Å². The third-order valence-corrected chi connectivity index (χ3v) is 6.65. The Morgan fingerprint density at radius 2 is 1.70 bits per heavy atom. The van der Waals surface area contributed by atoms with Crippen LogP contribution in [-0.2, 0) is 0 Å². The minimum Gasteiger partial charge on any atom is -0.207 e. The first-order chi connectivity index (χ1) is 13.0. The van der Waals surface area contributed by atoms with E-state index in [4.69, 9.17) is 0 Å². The number of benzene rings is 1. The van der Waals surface area contributed by atoms with Crippen molar-refractivity contribution in [3.8, 4) is 11.8 Å². The average molecular weight is 371 g/mol. The van der Waals surface area contributed by atoms with Crippen LogP contribution in [0.25, 0.3) is 0 Å². The van der Waals surface area contributed by atoms with Crippen LogP contribution in [-0.4, -0.2) is 5.92 Å². The molecule has 0 N–H and O–H groups in total. The maximum atomic E-state index is 14.6. The second-order valence-electron chi connectivity index (χ2n) is 8.61. The Balaban J connectivity index is 1.49. The van der Waals surface area contributed by atoms with Crippen molar-refractivity contribution in [3.05, 3.63) is 48.0 Å². The smallest absolute Gasteiger partial charge is 0.207 e. The van der Waals surface area contributed by atoms with Crippen molar-refractivity contribution in [2.24, 2.45) is 23.7 Å². The largest absolute Gasteiger partial charge is 0.251 e. The minimum absolute atomic E-state index is 0.0964. The highest BCUT2D eigenvalue weighted by Crippen LogP contribution is 2.48. The van der Waals surface area contributed by atoms with E-state index < -0.39 is 11.8 Å². The fourth-order valence-electron chi connectivity index (χ4n) is 4.88. The second kappa shape index (κ2) is 9.05. The van der Waals surface area contributed by atoms with E-state index in [1.807, 2.05) is 0 Å². The zero-order valence-corrected chi connectivity index (χ0v) is 16.5. The van der Waals surface area contributed by atoms with Gasteiger partial charge in [-0.3, -0.25) is 0 Å². The van der Waals surface area contributed by atoms with Crippen LogP contribution in [0.5, 0.6) is 0 Å². The summed E-state index contributed by atoms with van der Waals surface area (Å²) in [6.07, 6.45) is 9.05. The van der Waals surface area contributed by atoms with E-state index in [0.717, 1.165) is 37.7 Å². The monoisotopic (exact) mass is 370 g/mol. The van der Waals surface area contributed by atoms with Gasteiger partial charge in [0.2, 0.25) is 0 Å². The minimum atomic E-state index is -2.49. The average Bonchev–Trinajstić information content (AvgIpc) is 2.66. The number of allylic oxidation sites excluding steroid dienone is 1. The number of halogens is 2. The number of alkyl halides is 2. The maximum Gasteiger partial charge on any atom is 0.251 e. The van der Waals surface area contributed by atoms with E-state index in [1.54, 1.807) is 6.08 Å². The van der Waals surface area contributed by atoms with Crippen molar-refractivity contribution in [3.63, 3.8) is 0 Å². The first-order valence-corrected chi connectivity index (χ1v) is 10.5. The molecule has 2 aliphatic carbocycles. The molecule has 3 rings (SSSR count). The Kier molecular flexibility index (Phi) is 6.74. The highest BCUT2D eigenvalue weighted by atomic mass is 19.3. The molecule has 1 aromatic carbocycles. The Morgan fingerprint density at radius 1 is 1.04 bits per heavy atom. The summed E-state index contributed by atoms with van der Waals surface area (Å²) >= 11 is 0. The zero-order valence-electron chi connectivity index (χ0n) is 16.5. The van der Waals surface area contributed by atoms with E-state index in [0.29, 0.717) is 31.1 Å². The summed E-state index contributed by atoms with van der Waals surface area (Å²) in [5.74, 6) is 4.87. The summed E-state index contributed by atoms with van der Waals surface area (Å²) in [5, 5.41) is 0. The number of hydrogen-bond acceptors (Lipinski definition) is 0. The molecule has 1 aromatic rings. The van der Waals surface area contributed by atoms with Gasteiger partial charge in [0.1, 0.15) is 0 Å². The van der Waals surface area contributed by atoms with Gasteiger partial charge in [0.15, 0.2) is 0 Å². The molecule has 0 spiro atoms. The molecule has 0 heterocycles. The molecule has 0 amide bonds. The van der Waals surface area contributed by atoms with Gasteiger partial charge in [-0.25, -0.2) is 8.78 Å². The van der Waals surface area contributed by atoms with Gasteiger partial charge >= 0.3 is 0 Å². The van der Waals surface area contributed by atoms with Crippen LogP contribution in [0.3, 0.4) is 0 Å². The van der Waals surface area contributed by atoms with Gasteiger partial charge < -0.3 is 0 Å². The fraction of sp³-hybridized carbons (Fsp3) is 0.600. The summed E-state index contributed by atoms with van der Waals surface area (Å²) in [6.45, 7) is 5.75. The van der Waals surface area contributed by atoms with Crippen LogP contribution in [0.2, 0.25) is 0 Å². The zero-order chi connectivity index (χ0) is 19.3. The first kappa shape index (κ1) is 20.1. The number of rotatable bonds is 4. The van der Waals surface area contributed by atoms with Crippen molar-refractivity contribution < 1.29 is 8.78 Å². The molecule has 2 atom stereocenters. The molecular formula is C25H32F2. The van der Waals surface area contributed by atoms with Gasteiger partial charge in [-0.05, 0) is 82.3 Å².